The fraction of sp³-hybridized carbons (Fsp3) is 0.250. The van der Waals surface area contributed by atoms with Crippen molar-refractivity contribution in [2.75, 3.05) is 25.5 Å². The molecule has 0 unspecified atom stereocenters. The molecule has 2 amide bonds. The van der Waals surface area contributed by atoms with Gasteiger partial charge in [-0.25, -0.2) is 0 Å². The fourth-order valence-corrected chi connectivity index (χ4v) is 4.46. The molecule has 2 aromatic carbocycles. The number of hydrogen-bond acceptors (Lipinski definition) is 5. The highest BCUT2D eigenvalue weighted by atomic mass is 35.5. The minimum atomic E-state index is -0.185. The van der Waals surface area contributed by atoms with Gasteiger partial charge in [0.25, 0.3) is 5.91 Å². The second-order valence-electron chi connectivity index (χ2n) is 7.45. The van der Waals surface area contributed by atoms with E-state index in [0.717, 1.165) is 10.6 Å². The summed E-state index contributed by atoms with van der Waals surface area (Å²) >= 11 is 7.60. The number of likely N-dealkylation sites (tertiary alicyclic amines) is 1. The van der Waals surface area contributed by atoms with Crippen molar-refractivity contribution < 1.29 is 19.1 Å². The number of carbonyl (C=O) groups is 2. The van der Waals surface area contributed by atoms with Gasteiger partial charge in [0.05, 0.1) is 17.7 Å². The Bertz CT molecular complexity index is 1080. The normalized spacial score (nSPS) is 14.1. The highest BCUT2D eigenvalue weighted by Crippen LogP contribution is 2.33. The maximum absolute atomic E-state index is 12.9. The van der Waals surface area contributed by atoms with Crippen molar-refractivity contribution in [3.05, 3.63) is 69.9 Å². The number of benzene rings is 2. The molecule has 0 atom stereocenters. The molecule has 1 aromatic heterocycles. The highest BCUT2D eigenvalue weighted by molar-refractivity contribution is 7.12. The maximum Gasteiger partial charge on any atom is 0.263 e. The molecule has 166 valence electrons. The van der Waals surface area contributed by atoms with Crippen molar-refractivity contribution in [3.8, 4) is 17.2 Å². The van der Waals surface area contributed by atoms with E-state index in [0.29, 0.717) is 48.1 Å². The monoisotopic (exact) mass is 470 g/mol. The number of methoxy groups -OCH3 is 1. The van der Waals surface area contributed by atoms with Gasteiger partial charge in [-0.3, -0.25) is 9.59 Å². The smallest absolute Gasteiger partial charge is 0.263 e. The molecular weight excluding hydrogens is 448 g/mol. The third-order valence-electron chi connectivity index (χ3n) is 5.37. The zero-order chi connectivity index (χ0) is 22.5. The second kappa shape index (κ2) is 10.1. The zero-order valence-electron chi connectivity index (χ0n) is 17.5. The number of rotatable bonds is 6. The first kappa shape index (κ1) is 22.2. The maximum atomic E-state index is 12.9. The van der Waals surface area contributed by atoms with Gasteiger partial charge in [-0.05, 0) is 66.8 Å². The number of piperidine rings is 1. The number of halogens is 1. The van der Waals surface area contributed by atoms with E-state index in [9.17, 15) is 9.59 Å². The first-order chi connectivity index (χ1) is 15.5. The lowest BCUT2D eigenvalue weighted by molar-refractivity contribution is -0.121. The molecular formula is C24H23ClN2O4S. The Morgan fingerprint density at radius 3 is 2.44 bits per heavy atom. The van der Waals surface area contributed by atoms with Crippen LogP contribution in [0.15, 0.2) is 60.0 Å². The van der Waals surface area contributed by atoms with E-state index in [-0.39, 0.29) is 17.7 Å². The molecule has 1 aliphatic heterocycles. The molecule has 4 rings (SSSR count). The van der Waals surface area contributed by atoms with Gasteiger partial charge in [0.15, 0.2) is 5.75 Å². The summed E-state index contributed by atoms with van der Waals surface area (Å²) in [5.41, 5.74) is 0.510. The van der Waals surface area contributed by atoms with Crippen molar-refractivity contribution >= 4 is 40.4 Å². The number of thiophene rings is 1. The van der Waals surface area contributed by atoms with Crippen molar-refractivity contribution in [1.82, 2.24) is 4.90 Å². The van der Waals surface area contributed by atoms with Crippen LogP contribution in [0.1, 0.15) is 22.5 Å². The Morgan fingerprint density at radius 2 is 1.78 bits per heavy atom. The Labute approximate surface area is 195 Å². The van der Waals surface area contributed by atoms with E-state index in [1.165, 1.54) is 11.3 Å². The predicted octanol–water partition coefficient (Wildman–Crippen LogP) is 5.69. The average molecular weight is 471 g/mol. The zero-order valence-corrected chi connectivity index (χ0v) is 19.1. The number of nitrogens with zero attached hydrogens (tertiary/aromatic N) is 1. The minimum Gasteiger partial charge on any atom is -0.497 e. The Balaban J connectivity index is 1.39. The molecule has 0 saturated carbocycles. The van der Waals surface area contributed by atoms with E-state index in [1.807, 2.05) is 22.4 Å². The largest absolute Gasteiger partial charge is 0.497 e. The number of hydrogen-bond donors (Lipinski definition) is 1. The first-order valence-electron chi connectivity index (χ1n) is 10.3. The molecule has 6 nitrogen and oxygen atoms in total. The summed E-state index contributed by atoms with van der Waals surface area (Å²) in [6.07, 6.45) is 1.22. The van der Waals surface area contributed by atoms with Gasteiger partial charge >= 0.3 is 0 Å². The molecule has 8 heteroatoms. The fourth-order valence-electron chi connectivity index (χ4n) is 3.60. The molecule has 32 heavy (non-hydrogen) atoms. The summed E-state index contributed by atoms with van der Waals surface area (Å²) < 4.78 is 11.1. The molecule has 1 saturated heterocycles. The lowest BCUT2D eigenvalue weighted by Gasteiger charge is -2.31. The Morgan fingerprint density at radius 1 is 1.06 bits per heavy atom. The van der Waals surface area contributed by atoms with Gasteiger partial charge in [-0.15, -0.1) is 11.3 Å². The number of anilines is 1. The van der Waals surface area contributed by atoms with Gasteiger partial charge in [-0.2, -0.15) is 0 Å². The summed E-state index contributed by atoms with van der Waals surface area (Å²) in [6.45, 7) is 1.11. The average Bonchev–Trinajstić information content (AvgIpc) is 3.36. The molecule has 1 N–H and O–H groups in total. The van der Waals surface area contributed by atoms with Crippen LogP contribution in [0.3, 0.4) is 0 Å². The van der Waals surface area contributed by atoms with Crippen molar-refractivity contribution in [2.45, 2.75) is 12.8 Å². The SMILES string of the molecule is COc1ccc(Oc2ccc(Cl)cc2NC(=O)C2CCN(C(=O)c3cccs3)CC2)cc1. The van der Waals surface area contributed by atoms with Crippen molar-refractivity contribution in [2.24, 2.45) is 5.92 Å². The molecule has 2 heterocycles. The van der Waals surface area contributed by atoms with Crippen LogP contribution in [0, 0.1) is 5.92 Å². The number of nitrogens with one attached hydrogen (secondary N) is 1. The van der Waals surface area contributed by atoms with Gasteiger partial charge in [-0.1, -0.05) is 17.7 Å². The summed E-state index contributed by atoms with van der Waals surface area (Å²) in [4.78, 5) is 28.0. The van der Waals surface area contributed by atoms with Crippen LogP contribution in [-0.2, 0) is 4.79 Å². The van der Waals surface area contributed by atoms with Crippen LogP contribution in [-0.4, -0.2) is 36.9 Å². The van der Waals surface area contributed by atoms with Gasteiger partial charge in [0.2, 0.25) is 5.91 Å². The standard InChI is InChI=1S/C24H23ClN2O4S/c1-30-18-5-7-19(8-6-18)31-21-9-4-17(25)15-20(21)26-23(28)16-10-12-27(13-11-16)24(29)22-3-2-14-32-22/h2-9,14-16H,10-13H2,1H3,(H,26,28). The van der Waals surface area contributed by atoms with Crippen LogP contribution in [0.2, 0.25) is 5.02 Å². The van der Waals surface area contributed by atoms with Crippen LogP contribution in [0.4, 0.5) is 5.69 Å². The molecule has 0 radical (unpaired) electrons. The van der Waals surface area contributed by atoms with Crippen LogP contribution < -0.4 is 14.8 Å². The summed E-state index contributed by atoms with van der Waals surface area (Å²) in [7, 11) is 1.60. The summed E-state index contributed by atoms with van der Waals surface area (Å²) in [6, 6.07) is 16.0. The van der Waals surface area contributed by atoms with Crippen LogP contribution in [0.5, 0.6) is 17.2 Å². The van der Waals surface area contributed by atoms with Crippen molar-refractivity contribution in [1.29, 1.82) is 0 Å². The second-order valence-corrected chi connectivity index (χ2v) is 8.84. The summed E-state index contributed by atoms with van der Waals surface area (Å²) in [5, 5.41) is 5.35. The quantitative estimate of drug-likeness (QED) is 0.502. The molecule has 3 aromatic rings. The number of ether oxygens (including phenoxy) is 2. The third kappa shape index (κ3) is 5.23. The van der Waals surface area contributed by atoms with Gasteiger partial charge < -0.3 is 19.7 Å². The molecule has 1 fully saturated rings. The van der Waals surface area contributed by atoms with E-state index in [2.05, 4.69) is 5.32 Å². The highest BCUT2D eigenvalue weighted by Gasteiger charge is 2.28. The predicted molar refractivity (Wildman–Crippen MR) is 126 cm³/mol. The Kier molecular flexibility index (Phi) is 6.97. The van der Waals surface area contributed by atoms with E-state index < -0.39 is 0 Å². The molecule has 0 spiro atoms. The van der Waals surface area contributed by atoms with E-state index in [1.54, 1.807) is 49.6 Å². The van der Waals surface area contributed by atoms with Gasteiger partial charge in [0, 0.05) is 24.0 Å². The Hall–Kier alpha value is -3.03. The molecule has 0 bridgehead atoms. The summed E-state index contributed by atoms with van der Waals surface area (Å²) in [5.74, 6) is 1.59. The third-order valence-corrected chi connectivity index (χ3v) is 6.46. The number of amides is 2. The van der Waals surface area contributed by atoms with Crippen molar-refractivity contribution in [3.63, 3.8) is 0 Å². The lowest BCUT2D eigenvalue weighted by Crippen LogP contribution is -2.41. The minimum absolute atomic E-state index is 0.0314. The molecule has 1 aliphatic rings. The lowest BCUT2D eigenvalue weighted by atomic mass is 9.95. The van der Waals surface area contributed by atoms with Gasteiger partial charge in [0.1, 0.15) is 11.5 Å². The van der Waals surface area contributed by atoms with Crippen LogP contribution >= 0.6 is 22.9 Å². The van der Waals surface area contributed by atoms with Crippen LogP contribution in [0.25, 0.3) is 0 Å². The van der Waals surface area contributed by atoms with E-state index in [4.69, 9.17) is 21.1 Å². The number of carbonyl (C=O) groups excluding carboxylic acids is 2. The topological polar surface area (TPSA) is 67.9 Å². The first-order valence-corrected chi connectivity index (χ1v) is 11.5. The van der Waals surface area contributed by atoms with E-state index >= 15 is 0 Å². The molecule has 0 aliphatic carbocycles.